The molecule has 102 valence electrons. The lowest BCUT2D eigenvalue weighted by Crippen LogP contribution is -2.46. The molecule has 0 aliphatic heterocycles. The van der Waals surface area contributed by atoms with Crippen LogP contribution in [0.1, 0.15) is 24.2 Å². The Balaban J connectivity index is 1.98. The average molecular weight is 266 g/mol. The van der Waals surface area contributed by atoms with E-state index >= 15 is 0 Å². The first kappa shape index (κ1) is 12.9. The Morgan fingerprint density at radius 2 is 2.15 bits per heavy atom. The molecule has 3 rings (SSSR count). The van der Waals surface area contributed by atoms with E-state index in [4.69, 9.17) is 0 Å². The van der Waals surface area contributed by atoms with Crippen molar-refractivity contribution in [3.8, 4) is 6.07 Å². The van der Waals surface area contributed by atoms with Gasteiger partial charge in [0.05, 0.1) is 12.6 Å². The fourth-order valence-electron chi connectivity index (χ4n) is 2.48. The highest BCUT2D eigenvalue weighted by atomic mass is 15.1. The smallest absolute Gasteiger partial charge is 0.150 e. The van der Waals surface area contributed by atoms with Crippen molar-refractivity contribution in [3.05, 3.63) is 54.1 Å². The van der Waals surface area contributed by atoms with Crippen LogP contribution in [0.15, 0.2) is 42.7 Å². The summed E-state index contributed by atoms with van der Waals surface area (Å²) in [7, 11) is 0. The highest BCUT2D eigenvalue weighted by Crippen LogP contribution is 2.30. The zero-order valence-electron chi connectivity index (χ0n) is 11.6. The fraction of sp³-hybridized carbons (Fsp3) is 0.375. The number of aryl methyl sites for hydroxylation is 1. The van der Waals surface area contributed by atoms with Gasteiger partial charge in [0, 0.05) is 18.4 Å². The molecule has 1 saturated carbocycles. The molecule has 2 aromatic rings. The second kappa shape index (κ2) is 5.10. The van der Waals surface area contributed by atoms with Crippen molar-refractivity contribution >= 4 is 0 Å². The highest BCUT2D eigenvalue weighted by molar-refractivity contribution is 5.32. The van der Waals surface area contributed by atoms with Crippen LogP contribution in [-0.2, 0) is 12.1 Å². The van der Waals surface area contributed by atoms with Crippen LogP contribution in [0, 0.1) is 18.3 Å². The number of rotatable bonds is 5. The van der Waals surface area contributed by atoms with Gasteiger partial charge in [-0.2, -0.15) is 5.26 Å². The van der Waals surface area contributed by atoms with Crippen molar-refractivity contribution in [1.82, 2.24) is 14.9 Å². The normalized spacial score (nSPS) is 17.4. The Kier molecular flexibility index (Phi) is 3.29. The molecule has 1 aromatic carbocycles. The number of nitrogens with one attached hydrogen (secondary N) is 1. The van der Waals surface area contributed by atoms with Gasteiger partial charge in [-0.1, -0.05) is 30.3 Å². The monoisotopic (exact) mass is 266 g/mol. The van der Waals surface area contributed by atoms with Gasteiger partial charge in [0.25, 0.3) is 0 Å². The third-order valence-corrected chi connectivity index (χ3v) is 3.82. The topological polar surface area (TPSA) is 53.6 Å². The minimum Gasteiger partial charge on any atom is -0.332 e. The van der Waals surface area contributed by atoms with E-state index in [2.05, 4.69) is 16.4 Å². The first-order valence-electron chi connectivity index (χ1n) is 6.96. The van der Waals surface area contributed by atoms with E-state index in [1.165, 1.54) is 0 Å². The zero-order valence-corrected chi connectivity index (χ0v) is 11.6. The van der Waals surface area contributed by atoms with Crippen LogP contribution in [0.3, 0.4) is 0 Å². The number of nitrogens with zero attached hydrogens (tertiary/aromatic N) is 3. The van der Waals surface area contributed by atoms with Crippen LogP contribution in [0.25, 0.3) is 0 Å². The first-order valence-corrected chi connectivity index (χ1v) is 6.96. The first-order chi connectivity index (χ1) is 9.73. The molecule has 1 aliphatic rings. The Hall–Kier alpha value is -2.12. The van der Waals surface area contributed by atoms with Crippen LogP contribution in [0.2, 0.25) is 0 Å². The second-order valence-electron chi connectivity index (χ2n) is 5.40. The minimum absolute atomic E-state index is 0.457. The van der Waals surface area contributed by atoms with E-state index in [0.717, 1.165) is 24.2 Å². The van der Waals surface area contributed by atoms with Gasteiger partial charge in [-0.05, 0) is 25.3 Å². The minimum atomic E-state index is -0.687. The Labute approximate surface area is 119 Å². The maximum Gasteiger partial charge on any atom is 0.150 e. The highest BCUT2D eigenvalue weighted by Gasteiger charge is 2.38. The molecule has 0 amide bonds. The SMILES string of the molecule is Cc1nccn1CC(C#N)(NC1CC1)c1ccccc1. The molecule has 4 nitrogen and oxygen atoms in total. The van der Waals surface area contributed by atoms with E-state index in [1.54, 1.807) is 6.20 Å². The van der Waals surface area contributed by atoms with Gasteiger partial charge in [0.1, 0.15) is 5.82 Å². The molecule has 1 atom stereocenters. The summed E-state index contributed by atoms with van der Waals surface area (Å²) in [6.07, 6.45) is 6.01. The van der Waals surface area contributed by atoms with Gasteiger partial charge in [-0.3, -0.25) is 5.32 Å². The van der Waals surface area contributed by atoms with Crippen molar-refractivity contribution < 1.29 is 0 Å². The third kappa shape index (κ3) is 2.45. The molecule has 0 bridgehead atoms. The predicted molar refractivity (Wildman–Crippen MR) is 76.9 cm³/mol. The molecule has 1 heterocycles. The number of hydrogen-bond donors (Lipinski definition) is 1. The molecule has 4 heteroatoms. The lowest BCUT2D eigenvalue weighted by atomic mass is 9.90. The van der Waals surface area contributed by atoms with Gasteiger partial charge < -0.3 is 4.57 Å². The summed E-state index contributed by atoms with van der Waals surface area (Å²) >= 11 is 0. The third-order valence-electron chi connectivity index (χ3n) is 3.82. The maximum absolute atomic E-state index is 9.85. The van der Waals surface area contributed by atoms with Crippen LogP contribution >= 0.6 is 0 Å². The maximum atomic E-state index is 9.85. The fourth-order valence-corrected chi connectivity index (χ4v) is 2.48. The molecule has 20 heavy (non-hydrogen) atoms. The van der Waals surface area contributed by atoms with Gasteiger partial charge in [-0.15, -0.1) is 0 Å². The Morgan fingerprint density at radius 3 is 2.70 bits per heavy atom. The van der Waals surface area contributed by atoms with E-state index in [1.807, 2.05) is 48.0 Å². The van der Waals surface area contributed by atoms with Gasteiger partial charge in [-0.25, -0.2) is 4.98 Å². The quantitative estimate of drug-likeness (QED) is 0.904. The van der Waals surface area contributed by atoms with Crippen LogP contribution in [0.4, 0.5) is 0 Å². The number of nitriles is 1. The Bertz CT molecular complexity index is 621. The summed E-state index contributed by atoms with van der Waals surface area (Å²) < 4.78 is 2.03. The number of aromatic nitrogens is 2. The molecule has 0 saturated heterocycles. The molecule has 1 aliphatic carbocycles. The van der Waals surface area contributed by atoms with Crippen molar-refractivity contribution in [2.75, 3.05) is 0 Å². The average Bonchev–Trinajstić information content (AvgIpc) is 3.21. The molecule has 1 N–H and O–H groups in total. The number of hydrogen-bond acceptors (Lipinski definition) is 3. The summed E-state index contributed by atoms with van der Waals surface area (Å²) in [5.74, 6) is 0.929. The summed E-state index contributed by atoms with van der Waals surface area (Å²) in [4.78, 5) is 4.25. The molecular weight excluding hydrogens is 248 g/mol. The van der Waals surface area contributed by atoms with Crippen molar-refractivity contribution in [3.63, 3.8) is 0 Å². The molecule has 0 radical (unpaired) electrons. The zero-order chi connectivity index (χ0) is 14.0. The van der Waals surface area contributed by atoms with E-state index in [0.29, 0.717) is 12.6 Å². The van der Waals surface area contributed by atoms with Crippen molar-refractivity contribution in [2.45, 2.75) is 37.9 Å². The molecular formula is C16H18N4. The molecule has 1 unspecified atom stereocenters. The number of benzene rings is 1. The van der Waals surface area contributed by atoms with E-state index in [-0.39, 0.29) is 0 Å². The van der Waals surface area contributed by atoms with Crippen LogP contribution < -0.4 is 5.32 Å². The standard InChI is InChI=1S/C16H18N4/c1-13-18-9-10-20(13)12-16(11-17,19-15-7-8-15)14-5-3-2-4-6-14/h2-6,9-10,15,19H,7-8,12H2,1H3. The predicted octanol–water partition coefficient (Wildman–Crippen LogP) is 2.36. The van der Waals surface area contributed by atoms with Gasteiger partial charge in [0.2, 0.25) is 0 Å². The van der Waals surface area contributed by atoms with Gasteiger partial charge >= 0.3 is 0 Å². The van der Waals surface area contributed by atoms with Crippen LogP contribution in [-0.4, -0.2) is 15.6 Å². The van der Waals surface area contributed by atoms with E-state index in [9.17, 15) is 5.26 Å². The Morgan fingerprint density at radius 1 is 1.40 bits per heavy atom. The largest absolute Gasteiger partial charge is 0.332 e. The summed E-state index contributed by atoms with van der Waals surface area (Å²) in [5, 5.41) is 13.4. The summed E-state index contributed by atoms with van der Waals surface area (Å²) in [6, 6.07) is 12.9. The second-order valence-corrected chi connectivity index (χ2v) is 5.40. The van der Waals surface area contributed by atoms with Crippen molar-refractivity contribution in [2.24, 2.45) is 0 Å². The molecule has 0 spiro atoms. The number of imidazole rings is 1. The van der Waals surface area contributed by atoms with Crippen molar-refractivity contribution in [1.29, 1.82) is 5.26 Å². The molecule has 1 aromatic heterocycles. The lowest BCUT2D eigenvalue weighted by molar-refractivity contribution is 0.361. The molecule has 1 fully saturated rings. The van der Waals surface area contributed by atoms with Crippen LogP contribution in [0.5, 0.6) is 0 Å². The van der Waals surface area contributed by atoms with Gasteiger partial charge in [0.15, 0.2) is 5.54 Å². The summed E-state index contributed by atoms with van der Waals surface area (Å²) in [5.41, 5.74) is 0.330. The lowest BCUT2D eigenvalue weighted by Gasteiger charge is -2.29. The summed E-state index contributed by atoms with van der Waals surface area (Å²) in [6.45, 7) is 2.54. The van der Waals surface area contributed by atoms with E-state index < -0.39 is 5.54 Å².